The molecule has 2 aliphatic rings. The summed E-state index contributed by atoms with van der Waals surface area (Å²) in [6, 6.07) is 14.9. The number of piperidine rings is 1. The number of benzene rings is 2. The summed E-state index contributed by atoms with van der Waals surface area (Å²) in [5.74, 6) is 2.75. The van der Waals surface area contributed by atoms with Gasteiger partial charge in [0.1, 0.15) is 11.6 Å². The maximum Gasteiger partial charge on any atom is 0.227 e. The molecule has 3 heterocycles. The van der Waals surface area contributed by atoms with E-state index >= 15 is 0 Å². The predicted octanol–water partition coefficient (Wildman–Crippen LogP) is 3.51. The molecule has 2 saturated heterocycles. The maximum atomic E-state index is 5.64. The van der Waals surface area contributed by atoms with E-state index in [9.17, 15) is 0 Å². The molecule has 2 aromatic carbocycles. The number of para-hydroxylation sites is 1. The van der Waals surface area contributed by atoms with Gasteiger partial charge in [0.15, 0.2) is 0 Å². The lowest BCUT2D eigenvalue weighted by molar-refractivity contribution is 0.209. The molecule has 0 aliphatic carbocycles. The van der Waals surface area contributed by atoms with Crippen LogP contribution < -0.4 is 20.3 Å². The average molecular weight is 476 g/mol. The Hall–Kier alpha value is -3.10. The van der Waals surface area contributed by atoms with Gasteiger partial charge in [0.2, 0.25) is 5.95 Å². The van der Waals surface area contributed by atoms with E-state index < -0.39 is 0 Å². The van der Waals surface area contributed by atoms with Gasteiger partial charge in [-0.15, -0.1) is 0 Å². The fourth-order valence-corrected chi connectivity index (χ4v) is 5.13. The quantitative estimate of drug-likeness (QED) is 0.538. The van der Waals surface area contributed by atoms with Crippen LogP contribution in [0.3, 0.4) is 0 Å². The Morgan fingerprint density at radius 2 is 1.71 bits per heavy atom. The van der Waals surface area contributed by atoms with Gasteiger partial charge in [-0.1, -0.05) is 18.2 Å². The molecule has 5 rings (SSSR count). The number of rotatable bonds is 7. The number of nitrogens with zero attached hydrogens (tertiary/aromatic N) is 5. The zero-order chi connectivity index (χ0) is 24.2. The number of methoxy groups -OCH3 is 1. The summed E-state index contributed by atoms with van der Waals surface area (Å²) in [6.45, 7) is 6.96. The molecule has 0 bridgehead atoms. The number of nitrogens with one attached hydrogen (secondary N) is 2. The summed E-state index contributed by atoms with van der Waals surface area (Å²) in [4.78, 5) is 17.1. The average Bonchev–Trinajstić information content (AvgIpc) is 2.90. The van der Waals surface area contributed by atoms with Crippen LogP contribution >= 0.6 is 0 Å². The lowest BCUT2D eigenvalue weighted by Crippen LogP contribution is -2.45. The summed E-state index contributed by atoms with van der Waals surface area (Å²) in [5.41, 5.74) is 3.36. The first-order chi connectivity index (χ1) is 17.1. The molecular formula is C27H37N7O. The summed E-state index contributed by atoms with van der Waals surface area (Å²) < 4.78 is 5.64. The first-order valence-electron chi connectivity index (χ1n) is 12.7. The van der Waals surface area contributed by atoms with Crippen molar-refractivity contribution in [3.05, 3.63) is 48.0 Å². The Kier molecular flexibility index (Phi) is 7.20. The SMILES string of the molecule is CNc1cccc(OC)c1CN1CCC(Nc2nc(N3CCN(C)CC3)nc3ccccc23)CC1. The monoisotopic (exact) mass is 475 g/mol. The van der Waals surface area contributed by atoms with Crippen LogP contribution in [0.4, 0.5) is 17.5 Å². The number of likely N-dealkylation sites (tertiary alicyclic amines) is 1. The van der Waals surface area contributed by atoms with Crippen LogP contribution in [0, 0.1) is 0 Å². The molecule has 8 heteroatoms. The van der Waals surface area contributed by atoms with Crippen LogP contribution in [-0.2, 0) is 6.54 Å². The van der Waals surface area contributed by atoms with Crippen molar-refractivity contribution in [2.24, 2.45) is 0 Å². The number of anilines is 3. The Balaban J connectivity index is 1.28. The van der Waals surface area contributed by atoms with Gasteiger partial charge in [0, 0.05) is 75.5 Å². The molecule has 0 amide bonds. The van der Waals surface area contributed by atoms with E-state index in [0.717, 1.165) is 92.8 Å². The number of likely N-dealkylation sites (N-methyl/N-ethyl adjacent to an activating group) is 1. The van der Waals surface area contributed by atoms with E-state index in [0.29, 0.717) is 6.04 Å². The highest BCUT2D eigenvalue weighted by Gasteiger charge is 2.23. The second kappa shape index (κ2) is 10.7. The molecule has 3 aromatic rings. The highest BCUT2D eigenvalue weighted by molar-refractivity contribution is 5.90. The van der Waals surface area contributed by atoms with Crippen LogP contribution in [0.25, 0.3) is 10.9 Å². The lowest BCUT2D eigenvalue weighted by atomic mass is 10.0. The van der Waals surface area contributed by atoms with Gasteiger partial charge in [-0.2, -0.15) is 4.98 Å². The normalized spacial score (nSPS) is 18.1. The van der Waals surface area contributed by atoms with Gasteiger partial charge < -0.3 is 25.2 Å². The fraction of sp³-hybridized carbons (Fsp3) is 0.481. The van der Waals surface area contributed by atoms with Crippen LogP contribution in [0.2, 0.25) is 0 Å². The standard InChI is InChI=1S/C27H37N7O/c1-28-23-9-6-10-25(35-3)22(23)19-33-13-11-20(12-14-33)29-26-21-7-4-5-8-24(21)30-27(31-26)34-17-15-32(2)16-18-34/h4-10,20,28H,11-19H2,1-3H3,(H,29,30,31). The zero-order valence-corrected chi connectivity index (χ0v) is 21.1. The van der Waals surface area contributed by atoms with E-state index in [2.05, 4.69) is 62.7 Å². The minimum Gasteiger partial charge on any atom is -0.496 e. The van der Waals surface area contributed by atoms with Crippen molar-refractivity contribution in [1.82, 2.24) is 19.8 Å². The van der Waals surface area contributed by atoms with E-state index in [-0.39, 0.29) is 0 Å². The number of hydrogen-bond acceptors (Lipinski definition) is 8. The second-order valence-electron chi connectivity index (χ2n) is 9.61. The molecule has 0 spiro atoms. The molecular weight excluding hydrogens is 438 g/mol. The smallest absolute Gasteiger partial charge is 0.227 e. The lowest BCUT2D eigenvalue weighted by Gasteiger charge is -2.34. The number of ether oxygens (including phenoxy) is 1. The molecule has 186 valence electrons. The third-order valence-corrected chi connectivity index (χ3v) is 7.31. The maximum absolute atomic E-state index is 5.64. The Bertz CT molecular complexity index is 1120. The minimum absolute atomic E-state index is 0.395. The van der Waals surface area contributed by atoms with Crippen molar-refractivity contribution in [3.63, 3.8) is 0 Å². The van der Waals surface area contributed by atoms with Crippen LogP contribution in [0.1, 0.15) is 18.4 Å². The van der Waals surface area contributed by atoms with Gasteiger partial charge in [-0.25, -0.2) is 4.98 Å². The molecule has 0 unspecified atom stereocenters. The third kappa shape index (κ3) is 5.28. The van der Waals surface area contributed by atoms with Gasteiger partial charge in [0.05, 0.1) is 12.6 Å². The van der Waals surface area contributed by atoms with Crippen molar-refractivity contribution in [2.75, 3.05) is 76.0 Å². The summed E-state index contributed by atoms with van der Waals surface area (Å²) >= 11 is 0. The van der Waals surface area contributed by atoms with Crippen molar-refractivity contribution >= 4 is 28.4 Å². The zero-order valence-electron chi connectivity index (χ0n) is 21.1. The predicted molar refractivity (Wildman–Crippen MR) is 144 cm³/mol. The van der Waals surface area contributed by atoms with E-state index in [4.69, 9.17) is 14.7 Å². The summed E-state index contributed by atoms with van der Waals surface area (Å²) in [5, 5.41) is 8.20. The Morgan fingerprint density at radius 1 is 0.943 bits per heavy atom. The van der Waals surface area contributed by atoms with Crippen LogP contribution in [-0.4, -0.2) is 86.3 Å². The first-order valence-corrected chi connectivity index (χ1v) is 12.7. The summed E-state index contributed by atoms with van der Waals surface area (Å²) in [6.07, 6.45) is 2.15. The topological polar surface area (TPSA) is 68.8 Å². The third-order valence-electron chi connectivity index (χ3n) is 7.31. The number of hydrogen-bond donors (Lipinski definition) is 2. The second-order valence-corrected chi connectivity index (χ2v) is 9.61. The van der Waals surface area contributed by atoms with Crippen LogP contribution in [0.5, 0.6) is 5.75 Å². The van der Waals surface area contributed by atoms with E-state index in [1.807, 2.05) is 19.2 Å². The molecule has 35 heavy (non-hydrogen) atoms. The summed E-state index contributed by atoms with van der Waals surface area (Å²) in [7, 11) is 5.89. The van der Waals surface area contributed by atoms with Gasteiger partial charge >= 0.3 is 0 Å². The van der Waals surface area contributed by atoms with Gasteiger partial charge in [-0.05, 0) is 44.2 Å². The van der Waals surface area contributed by atoms with Crippen molar-refractivity contribution in [1.29, 1.82) is 0 Å². The molecule has 0 atom stereocenters. The molecule has 0 radical (unpaired) electrons. The number of fused-ring (bicyclic) bond motifs is 1. The molecule has 0 saturated carbocycles. The Morgan fingerprint density at radius 3 is 2.46 bits per heavy atom. The Labute approximate surface area is 208 Å². The van der Waals surface area contributed by atoms with Crippen molar-refractivity contribution in [3.8, 4) is 5.75 Å². The van der Waals surface area contributed by atoms with E-state index in [1.165, 1.54) is 5.56 Å². The highest BCUT2D eigenvalue weighted by Crippen LogP contribution is 2.30. The molecule has 1 aromatic heterocycles. The van der Waals surface area contributed by atoms with Crippen molar-refractivity contribution < 1.29 is 4.74 Å². The number of piperazine rings is 1. The molecule has 2 aliphatic heterocycles. The first kappa shape index (κ1) is 23.6. The minimum atomic E-state index is 0.395. The molecule has 2 N–H and O–H groups in total. The molecule has 2 fully saturated rings. The fourth-order valence-electron chi connectivity index (χ4n) is 5.13. The molecule has 8 nitrogen and oxygen atoms in total. The van der Waals surface area contributed by atoms with Gasteiger partial charge in [-0.3, -0.25) is 4.90 Å². The van der Waals surface area contributed by atoms with Crippen LogP contribution in [0.15, 0.2) is 42.5 Å². The highest BCUT2D eigenvalue weighted by atomic mass is 16.5. The number of aromatic nitrogens is 2. The largest absolute Gasteiger partial charge is 0.496 e. The van der Waals surface area contributed by atoms with Crippen molar-refractivity contribution in [2.45, 2.75) is 25.4 Å². The van der Waals surface area contributed by atoms with Gasteiger partial charge in [0.25, 0.3) is 0 Å². The van der Waals surface area contributed by atoms with E-state index in [1.54, 1.807) is 7.11 Å².